The van der Waals surface area contributed by atoms with Gasteiger partial charge in [0.25, 0.3) is 0 Å². The predicted octanol–water partition coefficient (Wildman–Crippen LogP) is 2.30. The lowest BCUT2D eigenvalue weighted by Crippen LogP contribution is -2.24. The molecule has 0 atom stereocenters. The van der Waals surface area contributed by atoms with Crippen molar-refractivity contribution in [3.63, 3.8) is 0 Å². The molecule has 0 radical (unpaired) electrons. The predicted molar refractivity (Wildman–Crippen MR) is 62.1 cm³/mol. The SMILES string of the molecule is CNCCNCc1ccc(Cl)cc1Cl. The van der Waals surface area contributed by atoms with Gasteiger partial charge in [0.15, 0.2) is 0 Å². The van der Waals surface area contributed by atoms with Crippen molar-refractivity contribution in [3.05, 3.63) is 33.8 Å². The lowest BCUT2D eigenvalue weighted by Gasteiger charge is -2.06. The molecule has 0 saturated carbocycles. The lowest BCUT2D eigenvalue weighted by atomic mass is 10.2. The van der Waals surface area contributed by atoms with Crippen LogP contribution < -0.4 is 10.6 Å². The standard InChI is InChI=1S/C10H14Cl2N2/c1-13-4-5-14-7-8-2-3-9(11)6-10(8)12/h2-3,6,13-14H,4-5,7H2,1H3. The van der Waals surface area contributed by atoms with Gasteiger partial charge in [-0.15, -0.1) is 0 Å². The Morgan fingerprint density at radius 3 is 2.64 bits per heavy atom. The molecular formula is C10H14Cl2N2. The fraction of sp³-hybridized carbons (Fsp3) is 0.400. The van der Waals surface area contributed by atoms with Gasteiger partial charge >= 0.3 is 0 Å². The van der Waals surface area contributed by atoms with Crippen LogP contribution in [-0.4, -0.2) is 20.1 Å². The Balaban J connectivity index is 2.42. The fourth-order valence-electron chi connectivity index (χ4n) is 1.10. The molecule has 0 aliphatic rings. The van der Waals surface area contributed by atoms with Gasteiger partial charge in [0, 0.05) is 29.7 Å². The van der Waals surface area contributed by atoms with E-state index >= 15 is 0 Å². The molecule has 0 aromatic heterocycles. The largest absolute Gasteiger partial charge is 0.318 e. The molecule has 0 aliphatic carbocycles. The van der Waals surface area contributed by atoms with Gasteiger partial charge in [0.1, 0.15) is 0 Å². The number of hydrogen-bond acceptors (Lipinski definition) is 2. The van der Waals surface area contributed by atoms with Gasteiger partial charge in [-0.05, 0) is 24.7 Å². The minimum atomic E-state index is 0.675. The molecule has 2 nitrogen and oxygen atoms in total. The molecule has 1 rings (SSSR count). The van der Waals surface area contributed by atoms with Crippen molar-refractivity contribution in [3.8, 4) is 0 Å². The summed E-state index contributed by atoms with van der Waals surface area (Å²) in [6.45, 7) is 2.65. The van der Waals surface area contributed by atoms with Crippen molar-refractivity contribution in [2.75, 3.05) is 20.1 Å². The minimum absolute atomic E-state index is 0.675. The average molecular weight is 233 g/mol. The highest BCUT2D eigenvalue weighted by Crippen LogP contribution is 2.20. The van der Waals surface area contributed by atoms with E-state index in [2.05, 4.69) is 10.6 Å². The molecule has 0 aliphatic heterocycles. The highest BCUT2D eigenvalue weighted by Gasteiger charge is 1.99. The van der Waals surface area contributed by atoms with Gasteiger partial charge in [-0.25, -0.2) is 0 Å². The van der Waals surface area contributed by atoms with E-state index in [4.69, 9.17) is 23.2 Å². The Bertz CT molecular complexity index is 289. The zero-order valence-electron chi connectivity index (χ0n) is 8.11. The molecule has 0 bridgehead atoms. The molecule has 1 aromatic rings. The normalized spacial score (nSPS) is 10.5. The van der Waals surface area contributed by atoms with Crippen LogP contribution in [0.25, 0.3) is 0 Å². The van der Waals surface area contributed by atoms with E-state index in [-0.39, 0.29) is 0 Å². The zero-order valence-corrected chi connectivity index (χ0v) is 9.62. The van der Waals surface area contributed by atoms with Gasteiger partial charge in [0.2, 0.25) is 0 Å². The van der Waals surface area contributed by atoms with E-state index in [1.807, 2.05) is 19.2 Å². The second-order valence-electron chi connectivity index (χ2n) is 3.02. The number of halogens is 2. The Hall–Kier alpha value is -0.280. The Kier molecular flexibility index (Phi) is 5.26. The molecule has 0 saturated heterocycles. The van der Waals surface area contributed by atoms with Crippen LogP contribution in [0.3, 0.4) is 0 Å². The molecule has 0 heterocycles. The fourth-order valence-corrected chi connectivity index (χ4v) is 1.58. The third-order valence-corrected chi connectivity index (χ3v) is 2.47. The topological polar surface area (TPSA) is 24.1 Å². The summed E-state index contributed by atoms with van der Waals surface area (Å²) >= 11 is 11.8. The van der Waals surface area contributed by atoms with Gasteiger partial charge in [-0.2, -0.15) is 0 Å². The second-order valence-corrected chi connectivity index (χ2v) is 3.86. The van der Waals surface area contributed by atoms with Gasteiger partial charge in [-0.3, -0.25) is 0 Å². The minimum Gasteiger partial charge on any atom is -0.318 e. The second kappa shape index (κ2) is 6.25. The van der Waals surface area contributed by atoms with Crippen LogP contribution in [0.4, 0.5) is 0 Å². The van der Waals surface area contributed by atoms with E-state index in [9.17, 15) is 0 Å². The van der Waals surface area contributed by atoms with E-state index in [1.165, 1.54) is 0 Å². The zero-order chi connectivity index (χ0) is 10.4. The summed E-state index contributed by atoms with van der Waals surface area (Å²) in [5, 5.41) is 7.73. The summed E-state index contributed by atoms with van der Waals surface area (Å²) < 4.78 is 0. The van der Waals surface area contributed by atoms with Crippen molar-refractivity contribution in [2.45, 2.75) is 6.54 Å². The van der Waals surface area contributed by atoms with Crippen LogP contribution in [0.5, 0.6) is 0 Å². The quantitative estimate of drug-likeness (QED) is 0.762. The van der Waals surface area contributed by atoms with Crippen LogP contribution in [0, 0.1) is 0 Å². The number of benzene rings is 1. The highest BCUT2D eigenvalue weighted by atomic mass is 35.5. The lowest BCUT2D eigenvalue weighted by molar-refractivity contribution is 0.651. The molecule has 1 aromatic carbocycles. The summed E-state index contributed by atoms with van der Waals surface area (Å²) in [7, 11) is 1.93. The highest BCUT2D eigenvalue weighted by molar-refractivity contribution is 6.35. The molecule has 0 unspecified atom stereocenters. The Labute approximate surface area is 94.6 Å². The van der Waals surface area contributed by atoms with Crippen LogP contribution in [0.2, 0.25) is 10.0 Å². The maximum atomic E-state index is 6.00. The summed E-state index contributed by atoms with van der Waals surface area (Å²) in [5.41, 5.74) is 1.08. The van der Waals surface area contributed by atoms with Crippen molar-refractivity contribution in [1.29, 1.82) is 0 Å². The first-order chi connectivity index (χ1) is 6.74. The summed E-state index contributed by atoms with van der Waals surface area (Å²) in [4.78, 5) is 0. The first kappa shape index (κ1) is 11.8. The van der Waals surface area contributed by atoms with Crippen LogP contribution in [0.1, 0.15) is 5.56 Å². The third-order valence-electron chi connectivity index (χ3n) is 1.88. The van der Waals surface area contributed by atoms with Crippen molar-refractivity contribution in [2.24, 2.45) is 0 Å². The maximum absolute atomic E-state index is 6.00. The van der Waals surface area contributed by atoms with Crippen molar-refractivity contribution in [1.82, 2.24) is 10.6 Å². The molecule has 2 N–H and O–H groups in total. The van der Waals surface area contributed by atoms with Crippen molar-refractivity contribution >= 4 is 23.2 Å². The Morgan fingerprint density at radius 2 is 2.00 bits per heavy atom. The number of rotatable bonds is 5. The molecule has 14 heavy (non-hydrogen) atoms. The van der Waals surface area contributed by atoms with Gasteiger partial charge in [-0.1, -0.05) is 29.3 Å². The van der Waals surface area contributed by atoms with Crippen LogP contribution in [0.15, 0.2) is 18.2 Å². The number of nitrogens with one attached hydrogen (secondary N) is 2. The third kappa shape index (κ3) is 3.84. The first-order valence-electron chi connectivity index (χ1n) is 4.53. The molecule has 4 heteroatoms. The maximum Gasteiger partial charge on any atom is 0.0465 e. The monoisotopic (exact) mass is 232 g/mol. The van der Waals surface area contributed by atoms with Crippen LogP contribution >= 0.6 is 23.2 Å². The molecule has 0 fully saturated rings. The first-order valence-corrected chi connectivity index (χ1v) is 5.29. The van der Waals surface area contributed by atoms with Gasteiger partial charge in [0.05, 0.1) is 0 Å². The molecule has 0 spiro atoms. The number of likely N-dealkylation sites (N-methyl/N-ethyl adjacent to an activating group) is 1. The summed E-state index contributed by atoms with van der Waals surface area (Å²) in [6, 6.07) is 5.55. The van der Waals surface area contributed by atoms with E-state index < -0.39 is 0 Å². The van der Waals surface area contributed by atoms with E-state index in [0.29, 0.717) is 5.02 Å². The molecular weight excluding hydrogens is 219 g/mol. The summed E-state index contributed by atoms with van der Waals surface area (Å²) in [5.74, 6) is 0. The van der Waals surface area contributed by atoms with Crippen molar-refractivity contribution < 1.29 is 0 Å². The number of hydrogen-bond donors (Lipinski definition) is 2. The smallest absolute Gasteiger partial charge is 0.0465 e. The Morgan fingerprint density at radius 1 is 1.21 bits per heavy atom. The molecule has 0 amide bonds. The molecule has 78 valence electrons. The van der Waals surface area contributed by atoms with Gasteiger partial charge < -0.3 is 10.6 Å². The average Bonchev–Trinajstić information content (AvgIpc) is 2.15. The van der Waals surface area contributed by atoms with E-state index in [0.717, 1.165) is 30.2 Å². The van der Waals surface area contributed by atoms with Crippen LogP contribution in [-0.2, 0) is 6.54 Å². The summed E-state index contributed by atoms with van der Waals surface area (Å²) in [6.07, 6.45) is 0. The van der Waals surface area contributed by atoms with E-state index in [1.54, 1.807) is 6.07 Å².